The molecule has 0 spiro atoms. The summed E-state index contributed by atoms with van der Waals surface area (Å²) in [5.41, 5.74) is -5.09. The number of halogens is 5. The molecule has 0 bridgehead atoms. The molecule has 0 unspecified atom stereocenters. The molecule has 13 heteroatoms. The molecule has 0 aliphatic carbocycles. The van der Waals surface area contributed by atoms with Gasteiger partial charge in [0.05, 0.1) is 28.2 Å². The molecular weight excluding hydrogens is 422 g/mol. The third-order valence-corrected chi connectivity index (χ3v) is 4.21. The Morgan fingerprint density at radius 3 is 2.52 bits per heavy atom. The molecule has 2 N–H and O–H groups in total. The van der Waals surface area contributed by atoms with Crippen LogP contribution in [0.4, 0.5) is 23.2 Å². The van der Waals surface area contributed by atoms with Crippen molar-refractivity contribution >= 4 is 23.2 Å². The Morgan fingerprint density at radius 2 is 1.93 bits per heavy atom. The first kappa shape index (κ1) is 20.3. The monoisotopic (exact) mass is 431 g/mol. The number of aromatic nitrogens is 4. The van der Waals surface area contributed by atoms with E-state index in [-0.39, 0.29) is 31.5 Å². The summed E-state index contributed by atoms with van der Waals surface area (Å²) in [4.78, 5) is 36.6. The van der Waals surface area contributed by atoms with E-state index < -0.39 is 40.5 Å². The molecule has 0 aliphatic rings. The summed E-state index contributed by atoms with van der Waals surface area (Å²) < 4.78 is 53.7. The number of nitrogens with zero attached hydrogens (tertiary/aromatic N) is 3. The summed E-state index contributed by atoms with van der Waals surface area (Å²) in [7, 11) is 0.788. The van der Waals surface area contributed by atoms with Crippen molar-refractivity contribution in [3.8, 4) is 5.69 Å². The predicted octanol–water partition coefficient (Wildman–Crippen LogP) is 2.32. The van der Waals surface area contributed by atoms with Gasteiger partial charge < -0.3 is 5.32 Å². The number of benzene rings is 1. The number of anilines is 1. The number of nitrogens with one attached hydrogen (secondary N) is 2. The van der Waals surface area contributed by atoms with Gasteiger partial charge in [0.15, 0.2) is 0 Å². The lowest BCUT2D eigenvalue weighted by atomic mass is 10.2. The van der Waals surface area contributed by atoms with Crippen molar-refractivity contribution in [1.29, 1.82) is 0 Å². The number of amides is 1. The minimum Gasteiger partial charge on any atom is -0.320 e. The van der Waals surface area contributed by atoms with E-state index in [9.17, 15) is 31.9 Å². The summed E-state index contributed by atoms with van der Waals surface area (Å²) in [5, 5.41) is 8.07. The third-order valence-electron chi connectivity index (χ3n) is 3.90. The smallest absolute Gasteiger partial charge is 0.320 e. The summed E-state index contributed by atoms with van der Waals surface area (Å²) in [6.45, 7) is 0. The van der Waals surface area contributed by atoms with Crippen LogP contribution in [0.15, 0.2) is 40.2 Å². The number of rotatable bonds is 3. The van der Waals surface area contributed by atoms with E-state index in [1.54, 1.807) is 0 Å². The van der Waals surface area contributed by atoms with E-state index in [1.165, 1.54) is 12.4 Å². The minimum absolute atomic E-state index is 0.106. The van der Waals surface area contributed by atoms with Gasteiger partial charge in [-0.15, -0.1) is 0 Å². The Bertz CT molecular complexity index is 1220. The van der Waals surface area contributed by atoms with Crippen molar-refractivity contribution in [2.45, 2.75) is 6.18 Å². The SMILES string of the molecule is Cn1c(C(F)(F)F)cc(=O)n(-c2cc(NC(=O)c3cn[nH]c3)c(Cl)cc2F)c1=O. The van der Waals surface area contributed by atoms with Gasteiger partial charge >= 0.3 is 11.9 Å². The summed E-state index contributed by atoms with van der Waals surface area (Å²) in [5.74, 6) is -1.85. The third kappa shape index (κ3) is 3.78. The number of alkyl halides is 3. The number of carbonyl (C=O) groups is 1. The Morgan fingerprint density at radius 1 is 1.24 bits per heavy atom. The second kappa shape index (κ2) is 7.20. The van der Waals surface area contributed by atoms with Crippen LogP contribution in [0, 0.1) is 5.82 Å². The van der Waals surface area contributed by atoms with Crippen LogP contribution in [0.2, 0.25) is 5.02 Å². The highest BCUT2D eigenvalue weighted by Crippen LogP contribution is 2.29. The molecule has 3 rings (SSSR count). The van der Waals surface area contributed by atoms with Crippen LogP contribution in [0.25, 0.3) is 5.69 Å². The number of carbonyl (C=O) groups excluding carboxylic acids is 1. The molecule has 0 radical (unpaired) electrons. The molecule has 29 heavy (non-hydrogen) atoms. The van der Waals surface area contributed by atoms with E-state index in [0.717, 1.165) is 13.1 Å². The number of aromatic amines is 1. The summed E-state index contributed by atoms with van der Waals surface area (Å²) >= 11 is 5.89. The van der Waals surface area contributed by atoms with Crippen molar-refractivity contribution in [1.82, 2.24) is 19.3 Å². The van der Waals surface area contributed by atoms with Crippen LogP contribution in [0.5, 0.6) is 0 Å². The standard InChI is InChI=1S/C16H10ClF4N5O3/c1-25-12(16(19,20)21)4-13(27)26(15(25)29)11-3-10(8(17)2-9(11)18)24-14(28)7-5-22-23-6-7/h2-6H,1H3,(H,22,23)(H,24,28). The molecule has 152 valence electrons. The fourth-order valence-corrected chi connectivity index (χ4v) is 2.69. The van der Waals surface area contributed by atoms with Crippen molar-refractivity contribution < 1.29 is 22.4 Å². The Balaban J connectivity index is 2.15. The maximum atomic E-state index is 14.4. The molecule has 3 aromatic rings. The van der Waals surface area contributed by atoms with Gasteiger partial charge in [-0.2, -0.15) is 18.3 Å². The second-order valence-electron chi connectivity index (χ2n) is 5.77. The molecule has 8 nitrogen and oxygen atoms in total. The summed E-state index contributed by atoms with van der Waals surface area (Å²) in [6, 6.07) is 1.75. The molecule has 2 aromatic heterocycles. The van der Waals surface area contributed by atoms with Crippen molar-refractivity contribution in [3.05, 3.63) is 73.5 Å². The van der Waals surface area contributed by atoms with Gasteiger partial charge in [0, 0.05) is 19.3 Å². The van der Waals surface area contributed by atoms with Gasteiger partial charge in [0.1, 0.15) is 11.5 Å². The molecule has 0 atom stereocenters. The van der Waals surface area contributed by atoms with Gasteiger partial charge in [-0.3, -0.25) is 19.3 Å². The topological polar surface area (TPSA) is 102 Å². The van der Waals surface area contributed by atoms with Gasteiger partial charge in [-0.05, 0) is 12.1 Å². The molecule has 0 saturated carbocycles. The zero-order valence-electron chi connectivity index (χ0n) is 14.3. The fraction of sp³-hybridized carbons (Fsp3) is 0.125. The van der Waals surface area contributed by atoms with Gasteiger partial charge in [0.2, 0.25) is 0 Å². The van der Waals surface area contributed by atoms with E-state index in [1.807, 2.05) is 0 Å². The first-order chi connectivity index (χ1) is 13.5. The average Bonchev–Trinajstić information content (AvgIpc) is 3.15. The Labute approximate surface area is 163 Å². The number of hydrogen-bond donors (Lipinski definition) is 2. The molecule has 1 amide bonds. The lowest BCUT2D eigenvalue weighted by Gasteiger charge is -2.15. The van der Waals surface area contributed by atoms with Gasteiger partial charge in [0.25, 0.3) is 11.5 Å². The van der Waals surface area contributed by atoms with Crippen LogP contribution < -0.4 is 16.6 Å². The average molecular weight is 432 g/mol. The predicted molar refractivity (Wildman–Crippen MR) is 93.8 cm³/mol. The van der Waals surface area contributed by atoms with Crippen LogP contribution >= 0.6 is 11.6 Å². The molecular formula is C16H10ClF4N5O3. The molecule has 0 fully saturated rings. The van der Waals surface area contributed by atoms with Crippen LogP contribution in [0.3, 0.4) is 0 Å². The molecule has 0 saturated heterocycles. The van der Waals surface area contributed by atoms with E-state index in [4.69, 9.17) is 11.6 Å². The quantitative estimate of drug-likeness (QED) is 0.621. The van der Waals surface area contributed by atoms with Crippen LogP contribution in [0.1, 0.15) is 16.1 Å². The van der Waals surface area contributed by atoms with Crippen molar-refractivity contribution in [3.63, 3.8) is 0 Å². The largest absolute Gasteiger partial charge is 0.431 e. The lowest BCUT2D eigenvalue weighted by Crippen LogP contribution is -2.41. The highest BCUT2D eigenvalue weighted by atomic mass is 35.5. The Hall–Kier alpha value is -3.41. The summed E-state index contributed by atoms with van der Waals surface area (Å²) in [6.07, 6.45) is -2.50. The maximum absolute atomic E-state index is 14.4. The van der Waals surface area contributed by atoms with E-state index >= 15 is 0 Å². The number of H-pyrrole nitrogens is 1. The first-order valence-corrected chi connectivity index (χ1v) is 8.08. The van der Waals surface area contributed by atoms with Crippen molar-refractivity contribution in [2.75, 3.05) is 5.32 Å². The molecule has 0 aliphatic heterocycles. The second-order valence-corrected chi connectivity index (χ2v) is 6.17. The lowest BCUT2D eigenvalue weighted by molar-refractivity contribution is -0.144. The van der Waals surface area contributed by atoms with Crippen molar-refractivity contribution in [2.24, 2.45) is 7.05 Å². The first-order valence-electron chi connectivity index (χ1n) is 7.70. The highest BCUT2D eigenvalue weighted by molar-refractivity contribution is 6.34. The maximum Gasteiger partial charge on any atom is 0.431 e. The van der Waals surface area contributed by atoms with E-state index in [2.05, 4.69) is 15.5 Å². The molecule has 1 aromatic carbocycles. The molecule has 2 heterocycles. The zero-order chi connectivity index (χ0) is 21.5. The normalized spacial score (nSPS) is 11.5. The fourth-order valence-electron chi connectivity index (χ4n) is 2.49. The van der Waals surface area contributed by atoms with Crippen LogP contribution in [-0.4, -0.2) is 25.2 Å². The minimum atomic E-state index is -4.96. The van der Waals surface area contributed by atoms with Gasteiger partial charge in [-0.1, -0.05) is 11.6 Å². The van der Waals surface area contributed by atoms with Gasteiger partial charge in [-0.25, -0.2) is 13.8 Å². The van der Waals surface area contributed by atoms with E-state index in [0.29, 0.717) is 6.07 Å². The zero-order valence-corrected chi connectivity index (χ0v) is 15.1. The van der Waals surface area contributed by atoms with Crippen LogP contribution in [-0.2, 0) is 13.2 Å². The Kier molecular flexibility index (Phi) is 5.05. The number of hydrogen-bond acceptors (Lipinski definition) is 4. The highest BCUT2D eigenvalue weighted by Gasteiger charge is 2.35.